The maximum absolute atomic E-state index is 12.5. The van der Waals surface area contributed by atoms with Gasteiger partial charge in [0.25, 0.3) is 0 Å². The number of unbranched alkanes of at least 4 members (excludes halogenated alkanes) is 44. The van der Waals surface area contributed by atoms with Gasteiger partial charge in [0.1, 0.15) is 0 Å². The molecule has 0 radical (unpaired) electrons. The van der Waals surface area contributed by atoms with Crippen LogP contribution >= 0.6 is 0 Å². The molecule has 3 N–H and O–H groups in total. The lowest BCUT2D eigenvalue weighted by Crippen LogP contribution is -2.45. The van der Waals surface area contributed by atoms with Gasteiger partial charge < -0.3 is 20.3 Å². The molecule has 0 heterocycles. The van der Waals surface area contributed by atoms with Crippen LogP contribution < -0.4 is 5.32 Å². The monoisotopic (exact) mass is 946 g/mol. The van der Waals surface area contributed by atoms with Crippen LogP contribution in [0.2, 0.25) is 0 Å². The minimum Gasteiger partial charge on any atom is -0.466 e. The Morgan fingerprint density at radius 2 is 0.701 bits per heavy atom. The first-order valence-electron chi connectivity index (χ1n) is 30.4. The Bertz CT molecular complexity index is 1000. The number of hydrogen-bond donors (Lipinski definition) is 3. The van der Waals surface area contributed by atoms with Crippen LogP contribution in [0.5, 0.6) is 0 Å². The molecule has 2 atom stereocenters. The van der Waals surface area contributed by atoms with Crippen molar-refractivity contribution in [3.8, 4) is 0 Å². The van der Waals surface area contributed by atoms with Gasteiger partial charge in [0.2, 0.25) is 5.91 Å². The Kier molecular flexibility index (Phi) is 56.0. The summed E-state index contributed by atoms with van der Waals surface area (Å²) in [5.74, 6) is -0.0476. The number of nitrogens with one attached hydrogen (secondary N) is 1. The van der Waals surface area contributed by atoms with E-state index in [9.17, 15) is 19.8 Å². The largest absolute Gasteiger partial charge is 0.466 e. The van der Waals surface area contributed by atoms with E-state index in [4.69, 9.17) is 4.74 Å². The standard InChI is InChI=1S/C61H119NO5/c1-3-5-7-9-11-13-15-17-19-20-21-22-26-29-33-37-41-45-49-53-59(64)58(57-63)62-60(65)54-50-46-42-38-34-30-27-23-24-28-32-36-40-44-48-52-56-67-61(66)55-51-47-43-39-35-31-25-18-16-14-12-10-8-6-4-2/h23,27,58-59,63-64H,3-22,24-26,28-57H2,1-2H3,(H,62,65)/b27-23-. The minimum atomic E-state index is -0.675. The summed E-state index contributed by atoms with van der Waals surface area (Å²) in [5, 5.41) is 23.3. The normalized spacial score (nSPS) is 12.6. The van der Waals surface area contributed by atoms with E-state index in [1.54, 1.807) is 0 Å². The summed E-state index contributed by atoms with van der Waals surface area (Å²) in [4.78, 5) is 24.6. The van der Waals surface area contributed by atoms with Crippen LogP contribution in [0.15, 0.2) is 12.2 Å². The highest BCUT2D eigenvalue weighted by Gasteiger charge is 2.20. The van der Waals surface area contributed by atoms with Gasteiger partial charge in [-0.15, -0.1) is 0 Å². The van der Waals surface area contributed by atoms with Crippen LogP contribution in [0.4, 0.5) is 0 Å². The molecule has 0 saturated carbocycles. The van der Waals surface area contributed by atoms with Crippen LogP contribution in [0.25, 0.3) is 0 Å². The molecule has 0 aromatic rings. The quantitative estimate of drug-likeness (QED) is 0.0321. The van der Waals surface area contributed by atoms with E-state index in [1.807, 2.05) is 0 Å². The Hall–Kier alpha value is -1.40. The number of allylic oxidation sites excluding steroid dienone is 2. The zero-order valence-electron chi connectivity index (χ0n) is 45.4. The molecule has 0 aliphatic heterocycles. The second-order valence-electron chi connectivity index (χ2n) is 21.0. The minimum absolute atomic E-state index is 0.000985. The van der Waals surface area contributed by atoms with Crippen LogP contribution in [0, 0.1) is 0 Å². The van der Waals surface area contributed by atoms with Crippen molar-refractivity contribution in [2.75, 3.05) is 13.2 Å². The van der Waals surface area contributed by atoms with Crippen molar-refractivity contribution in [1.82, 2.24) is 5.32 Å². The molecule has 0 spiro atoms. The van der Waals surface area contributed by atoms with Crippen LogP contribution in [-0.4, -0.2) is 47.4 Å². The molecular weight excluding hydrogens is 827 g/mol. The number of aliphatic hydroxyl groups is 2. The van der Waals surface area contributed by atoms with Gasteiger partial charge >= 0.3 is 5.97 Å². The maximum atomic E-state index is 12.5. The van der Waals surface area contributed by atoms with Gasteiger partial charge in [-0.25, -0.2) is 0 Å². The average molecular weight is 947 g/mol. The summed E-state index contributed by atoms with van der Waals surface area (Å²) in [5.41, 5.74) is 0. The van der Waals surface area contributed by atoms with Gasteiger partial charge in [0, 0.05) is 12.8 Å². The second-order valence-corrected chi connectivity index (χ2v) is 21.0. The van der Waals surface area contributed by atoms with Crippen molar-refractivity contribution >= 4 is 11.9 Å². The van der Waals surface area contributed by atoms with Gasteiger partial charge in [-0.1, -0.05) is 289 Å². The molecule has 6 nitrogen and oxygen atoms in total. The number of carbonyl (C=O) groups is 2. The molecular formula is C61H119NO5. The van der Waals surface area contributed by atoms with Crippen molar-refractivity contribution in [3.63, 3.8) is 0 Å². The molecule has 0 aromatic heterocycles. The van der Waals surface area contributed by atoms with Crippen molar-refractivity contribution in [2.45, 2.75) is 353 Å². The number of aliphatic hydroxyl groups excluding tert-OH is 2. The third kappa shape index (κ3) is 53.8. The van der Waals surface area contributed by atoms with Crippen LogP contribution in [-0.2, 0) is 14.3 Å². The fourth-order valence-electron chi connectivity index (χ4n) is 9.64. The van der Waals surface area contributed by atoms with E-state index >= 15 is 0 Å². The Morgan fingerprint density at radius 3 is 1.06 bits per heavy atom. The highest BCUT2D eigenvalue weighted by Crippen LogP contribution is 2.18. The van der Waals surface area contributed by atoms with Gasteiger partial charge in [-0.05, 0) is 51.4 Å². The molecule has 2 unspecified atom stereocenters. The summed E-state index contributed by atoms with van der Waals surface area (Å²) in [6.45, 7) is 4.96. The van der Waals surface area contributed by atoms with Gasteiger partial charge in [-0.3, -0.25) is 9.59 Å². The van der Waals surface area contributed by atoms with E-state index in [2.05, 4.69) is 31.3 Å². The lowest BCUT2D eigenvalue weighted by molar-refractivity contribution is -0.143. The van der Waals surface area contributed by atoms with Crippen molar-refractivity contribution in [3.05, 3.63) is 12.2 Å². The number of carbonyl (C=O) groups excluding carboxylic acids is 2. The van der Waals surface area contributed by atoms with Gasteiger partial charge in [-0.2, -0.15) is 0 Å². The fourth-order valence-corrected chi connectivity index (χ4v) is 9.64. The Morgan fingerprint density at radius 1 is 0.403 bits per heavy atom. The van der Waals surface area contributed by atoms with Crippen molar-refractivity contribution in [1.29, 1.82) is 0 Å². The molecule has 0 fully saturated rings. The number of ether oxygens (including phenoxy) is 1. The maximum Gasteiger partial charge on any atom is 0.305 e. The molecule has 1 amide bonds. The third-order valence-corrected chi connectivity index (χ3v) is 14.3. The smallest absolute Gasteiger partial charge is 0.305 e. The summed E-state index contributed by atoms with van der Waals surface area (Å²) in [7, 11) is 0. The number of hydrogen-bond acceptors (Lipinski definition) is 5. The predicted molar refractivity (Wildman–Crippen MR) is 292 cm³/mol. The third-order valence-electron chi connectivity index (χ3n) is 14.3. The van der Waals surface area contributed by atoms with E-state index in [0.29, 0.717) is 25.9 Å². The molecule has 0 saturated heterocycles. The zero-order valence-corrected chi connectivity index (χ0v) is 45.4. The lowest BCUT2D eigenvalue weighted by atomic mass is 10.0. The highest BCUT2D eigenvalue weighted by atomic mass is 16.5. The molecule has 0 aromatic carbocycles. The van der Waals surface area contributed by atoms with E-state index in [-0.39, 0.29) is 18.5 Å². The Labute approximate surface area is 419 Å². The van der Waals surface area contributed by atoms with Crippen LogP contribution in [0.3, 0.4) is 0 Å². The first-order chi connectivity index (χ1) is 33.0. The SMILES string of the molecule is CCCCCCCCCCCCCCCCCCCCCC(O)C(CO)NC(=O)CCCCCCC/C=C\CCCCCCCCCOC(=O)CCCCCCCCCCCCCCCCC. The average Bonchev–Trinajstić information content (AvgIpc) is 3.33. The van der Waals surface area contributed by atoms with Crippen LogP contribution in [0.1, 0.15) is 341 Å². The molecule has 398 valence electrons. The van der Waals surface area contributed by atoms with Crippen molar-refractivity contribution < 1.29 is 24.5 Å². The second kappa shape index (κ2) is 57.2. The zero-order chi connectivity index (χ0) is 48.6. The molecule has 6 heteroatoms. The molecule has 0 rings (SSSR count). The first kappa shape index (κ1) is 65.6. The molecule has 0 bridgehead atoms. The summed E-state index contributed by atoms with van der Waals surface area (Å²) in [6, 6.07) is -0.553. The Balaban J connectivity index is 3.45. The number of rotatable bonds is 57. The predicted octanol–water partition coefficient (Wildman–Crippen LogP) is 18.9. The highest BCUT2D eigenvalue weighted by molar-refractivity contribution is 5.76. The summed E-state index contributed by atoms with van der Waals surface area (Å²) >= 11 is 0. The van der Waals surface area contributed by atoms with Gasteiger partial charge in [0.15, 0.2) is 0 Å². The van der Waals surface area contributed by atoms with E-state index in [1.165, 1.54) is 244 Å². The lowest BCUT2D eigenvalue weighted by Gasteiger charge is -2.22. The molecule has 67 heavy (non-hydrogen) atoms. The van der Waals surface area contributed by atoms with E-state index in [0.717, 1.165) is 64.2 Å². The van der Waals surface area contributed by atoms with E-state index < -0.39 is 12.1 Å². The fraction of sp³-hybridized carbons (Fsp3) is 0.934. The van der Waals surface area contributed by atoms with Gasteiger partial charge in [0.05, 0.1) is 25.4 Å². The summed E-state index contributed by atoms with van der Waals surface area (Å²) < 4.78 is 5.48. The topological polar surface area (TPSA) is 95.9 Å². The first-order valence-corrected chi connectivity index (χ1v) is 30.4. The molecule has 0 aliphatic carbocycles. The number of esters is 1. The summed E-state index contributed by atoms with van der Waals surface area (Å²) in [6.07, 6.45) is 67.8. The van der Waals surface area contributed by atoms with Crippen molar-refractivity contribution in [2.24, 2.45) is 0 Å². The number of amides is 1. The molecule has 0 aliphatic rings.